The summed E-state index contributed by atoms with van der Waals surface area (Å²) in [5.74, 6) is -0.153. The molecule has 0 spiro atoms. The minimum absolute atomic E-state index is 0.153. The van der Waals surface area contributed by atoms with Gasteiger partial charge in [-0.1, -0.05) is 38.1 Å². The maximum atomic E-state index is 8.63. The first-order chi connectivity index (χ1) is 14.6. The summed E-state index contributed by atoms with van der Waals surface area (Å²) in [6.45, 7) is 17.4. The van der Waals surface area contributed by atoms with E-state index in [1.54, 1.807) is 0 Å². The SMILES string of the molecule is [2H]C([2H])(c1cc(C)[n+](C)c(-c2c(C)ccc3c2oc2c([N+]#[C-])c(C)ccc23)c1)C(C)C. The van der Waals surface area contributed by atoms with E-state index in [2.05, 4.69) is 15.5 Å². The number of hydrogen-bond donors (Lipinski definition) is 0. The lowest BCUT2D eigenvalue weighted by atomic mass is 9.96. The molecule has 0 amide bonds. The first kappa shape index (κ1) is 16.8. The summed E-state index contributed by atoms with van der Waals surface area (Å²) in [5.41, 5.74) is 7.33. The van der Waals surface area contributed by atoms with Crippen LogP contribution in [0.1, 0.15) is 39.0 Å². The molecule has 4 rings (SSSR count). The van der Waals surface area contributed by atoms with Crippen molar-refractivity contribution in [3.05, 3.63) is 70.2 Å². The van der Waals surface area contributed by atoms with Crippen molar-refractivity contribution >= 4 is 27.6 Å². The smallest absolute Gasteiger partial charge is 0.232 e. The van der Waals surface area contributed by atoms with Crippen LogP contribution >= 0.6 is 0 Å². The number of fused-ring (bicyclic) bond motifs is 3. The van der Waals surface area contributed by atoms with Crippen molar-refractivity contribution in [1.82, 2.24) is 0 Å². The first-order valence-electron chi connectivity index (χ1n) is 10.9. The van der Waals surface area contributed by atoms with Crippen LogP contribution in [-0.4, -0.2) is 0 Å². The van der Waals surface area contributed by atoms with Gasteiger partial charge < -0.3 is 4.42 Å². The van der Waals surface area contributed by atoms with E-state index in [1.807, 2.05) is 72.0 Å². The van der Waals surface area contributed by atoms with Crippen LogP contribution in [0.3, 0.4) is 0 Å². The highest BCUT2D eigenvalue weighted by molar-refractivity contribution is 6.13. The fourth-order valence-electron chi connectivity index (χ4n) is 4.00. The van der Waals surface area contributed by atoms with Crippen molar-refractivity contribution in [2.75, 3.05) is 0 Å². The maximum Gasteiger partial charge on any atom is 0.232 e. The highest BCUT2D eigenvalue weighted by Gasteiger charge is 2.23. The van der Waals surface area contributed by atoms with Gasteiger partial charge in [0.2, 0.25) is 11.4 Å². The Morgan fingerprint density at radius 1 is 1.03 bits per heavy atom. The molecule has 2 aromatic heterocycles. The maximum absolute atomic E-state index is 8.63. The number of rotatable bonds is 3. The molecule has 4 aromatic rings. The molecule has 0 atom stereocenters. The van der Waals surface area contributed by atoms with Gasteiger partial charge in [0.15, 0.2) is 5.69 Å². The molecule has 146 valence electrons. The van der Waals surface area contributed by atoms with E-state index in [0.29, 0.717) is 16.8 Å². The minimum atomic E-state index is -1.45. The van der Waals surface area contributed by atoms with E-state index in [1.165, 1.54) is 0 Å². The molecule has 0 aliphatic heterocycles. The van der Waals surface area contributed by atoms with Gasteiger partial charge in [-0.05, 0) is 42.8 Å². The van der Waals surface area contributed by atoms with Gasteiger partial charge in [-0.2, -0.15) is 4.57 Å². The fourth-order valence-corrected chi connectivity index (χ4v) is 4.00. The largest absolute Gasteiger partial charge is 0.466 e. The number of aromatic nitrogens is 1. The summed E-state index contributed by atoms with van der Waals surface area (Å²) in [7, 11) is 2.00. The van der Waals surface area contributed by atoms with Gasteiger partial charge in [0.1, 0.15) is 18.2 Å². The molecule has 3 nitrogen and oxygen atoms in total. The quantitative estimate of drug-likeness (QED) is 0.282. The molecule has 0 aliphatic rings. The summed E-state index contributed by atoms with van der Waals surface area (Å²) >= 11 is 0. The predicted octanol–water partition coefficient (Wildman–Crippen LogP) is 6.75. The van der Waals surface area contributed by atoms with Gasteiger partial charge in [-0.25, -0.2) is 4.85 Å². The third kappa shape index (κ3) is 3.09. The van der Waals surface area contributed by atoms with Gasteiger partial charge in [0.05, 0.1) is 12.1 Å². The van der Waals surface area contributed by atoms with Gasteiger partial charge in [0.25, 0.3) is 0 Å². The van der Waals surface area contributed by atoms with Crippen LogP contribution in [0.2, 0.25) is 0 Å². The lowest BCUT2D eigenvalue weighted by Gasteiger charge is -2.11. The summed E-state index contributed by atoms with van der Waals surface area (Å²) in [6.07, 6.45) is -1.45. The highest BCUT2D eigenvalue weighted by atomic mass is 16.3. The average molecular weight is 386 g/mol. The Bertz CT molecular complexity index is 1390. The zero-order valence-corrected chi connectivity index (χ0v) is 17.8. The molecule has 0 fully saturated rings. The van der Waals surface area contributed by atoms with Gasteiger partial charge in [0, 0.05) is 32.6 Å². The standard InChI is InChI=1S/C26H27N2O/c1-15(2)12-19-13-18(5)28(7)22(14-19)23-16(3)8-10-20-21-11-9-17(4)24(27-6)26(21)29-25(20)23/h8-11,13-15H,12H2,1-5,7H3/q+1/i12D2. The third-order valence-corrected chi connectivity index (χ3v) is 5.56. The molecule has 0 aliphatic carbocycles. The monoisotopic (exact) mass is 385 g/mol. The summed E-state index contributed by atoms with van der Waals surface area (Å²) in [6, 6.07) is 12.0. The number of furan rings is 1. The Morgan fingerprint density at radius 2 is 1.69 bits per heavy atom. The van der Waals surface area contributed by atoms with E-state index < -0.39 is 6.37 Å². The molecular weight excluding hydrogens is 356 g/mol. The van der Waals surface area contributed by atoms with Crippen LogP contribution in [-0.2, 0) is 13.4 Å². The van der Waals surface area contributed by atoms with Crippen molar-refractivity contribution in [2.45, 2.75) is 41.0 Å². The van der Waals surface area contributed by atoms with Gasteiger partial charge in [-0.3, -0.25) is 0 Å². The Kier molecular flexibility index (Phi) is 4.08. The summed E-state index contributed by atoms with van der Waals surface area (Å²) in [5, 5.41) is 1.90. The second-order valence-corrected chi connectivity index (χ2v) is 8.08. The molecule has 29 heavy (non-hydrogen) atoms. The topological polar surface area (TPSA) is 21.4 Å². The van der Waals surface area contributed by atoms with E-state index in [0.717, 1.165) is 44.4 Å². The van der Waals surface area contributed by atoms with E-state index in [9.17, 15) is 0 Å². The zero-order chi connectivity index (χ0) is 22.7. The lowest BCUT2D eigenvalue weighted by Crippen LogP contribution is -2.35. The normalized spacial score (nSPS) is 13.0. The molecule has 0 bridgehead atoms. The Labute approximate surface area is 175 Å². The Balaban J connectivity index is 2.12. The van der Waals surface area contributed by atoms with Crippen LogP contribution in [0.4, 0.5) is 5.69 Å². The van der Waals surface area contributed by atoms with Crippen LogP contribution in [0.25, 0.3) is 38.0 Å². The van der Waals surface area contributed by atoms with E-state index in [-0.39, 0.29) is 5.92 Å². The molecule has 0 unspecified atom stereocenters. The zero-order valence-electron chi connectivity index (χ0n) is 19.8. The fraction of sp³-hybridized carbons (Fsp3) is 0.308. The molecule has 3 heteroatoms. The average Bonchev–Trinajstić information content (AvgIpc) is 3.08. The number of aryl methyl sites for hydroxylation is 3. The second kappa shape index (κ2) is 7.04. The van der Waals surface area contributed by atoms with Gasteiger partial charge >= 0.3 is 0 Å². The third-order valence-electron chi connectivity index (χ3n) is 5.56. The highest BCUT2D eigenvalue weighted by Crippen LogP contribution is 2.41. The number of benzene rings is 2. The van der Waals surface area contributed by atoms with Crippen molar-refractivity contribution in [2.24, 2.45) is 13.0 Å². The molecule has 0 N–H and O–H groups in total. The molecule has 0 radical (unpaired) electrons. The lowest BCUT2D eigenvalue weighted by molar-refractivity contribution is -0.666. The number of nitrogens with zero attached hydrogens (tertiary/aromatic N) is 2. The second-order valence-electron chi connectivity index (χ2n) is 8.08. The summed E-state index contributed by atoms with van der Waals surface area (Å²) < 4.78 is 25.7. The van der Waals surface area contributed by atoms with Gasteiger partial charge in [-0.15, -0.1) is 0 Å². The van der Waals surface area contributed by atoms with Crippen LogP contribution in [0.5, 0.6) is 0 Å². The van der Waals surface area contributed by atoms with E-state index >= 15 is 0 Å². The first-order valence-corrected chi connectivity index (χ1v) is 9.92. The minimum Gasteiger partial charge on any atom is -0.466 e. The van der Waals surface area contributed by atoms with Crippen molar-refractivity contribution < 1.29 is 11.7 Å². The van der Waals surface area contributed by atoms with Crippen molar-refractivity contribution in [3.63, 3.8) is 0 Å². The Hall–Kier alpha value is -3.12. The molecule has 0 saturated carbocycles. The molecule has 0 saturated heterocycles. The van der Waals surface area contributed by atoms with Crippen molar-refractivity contribution in [1.29, 1.82) is 0 Å². The molecule has 2 heterocycles. The molecular formula is C26H27N2O+. The van der Waals surface area contributed by atoms with Crippen LogP contribution in [0, 0.1) is 33.3 Å². The molecule has 2 aromatic carbocycles. The van der Waals surface area contributed by atoms with Crippen LogP contribution in [0.15, 0.2) is 40.8 Å². The number of hydrogen-bond acceptors (Lipinski definition) is 1. The van der Waals surface area contributed by atoms with Crippen LogP contribution < -0.4 is 4.57 Å². The number of pyridine rings is 1. The van der Waals surface area contributed by atoms with E-state index in [4.69, 9.17) is 13.7 Å². The van der Waals surface area contributed by atoms with Crippen molar-refractivity contribution in [3.8, 4) is 11.3 Å². The summed E-state index contributed by atoms with van der Waals surface area (Å²) in [4.78, 5) is 3.72. The predicted molar refractivity (Wildman–Crippen MR) is 119 cm³/mol. The Morgan fingerprint density at radius 3 is 2.34 bits per heavy atom.